The molecular weight excluding hydrogens is 400 g/mol. The second-order valence-electron chi connectivity index (χ2n) is 5.56. The van der Waals surface area contributed by atoms with Gasteiger partial charge in [0.25, 0.3) is 5.91 Å². The van der Waals surface area contributed by atoms with Crippen LogP contribution in [0.1, 0.15) is 28.1 Å². The van der Waals surface area contributed by atoms with Gasteiger partial charge in [-0.25, -0.2) is 0 Å². The molecule has 134 valence electrons. The van der Waals surface area contributed by atoms with Gasteiger partial charge in [-0.15, -0.1) is 11.3 Å². The normalized spacial score (nSPS) is 12.5. The molecule has 1 heterocycles. The molecule has 1 unspecified atom stereocenters. The van der Waals surface area contributed by atoms with Gasteiger partial charge >= 0.3 is 0 Å². The zero-order chi connectivity index (χ0) is 18.1. The lowest BCUT2D eigenvalue weighted by atomic mass is 10.1. The van der Waals surface area contributed by atoms with Crippen LogP contribution in [-0.2, 0) is 0 Å². The zero-order valence-electron chi connectivity index (χ0n) is 14.4. The van der Waals surface area contributed by atoms with E-state index in [1.165, 1.54) is 4.88 Å². The van der Waals surface area contributed by atoms with Crippen molar-refractivity contribution in [2.75, 3.05) is 26.7 Å². The van der Waals surface area contributed by atoms with Crippen molar-refractivity contribution in [3.05, 3.63) is 56.7 Å². The van der Waals surface area contributed by atoms with Crippen LogP contribution in [0.25, 0.3) is 0 Å². The minimum atomic E-state index is -0.0800. The van der Waals surface area contributed by atoms with Gasteiger partial charge in [0.15, 0.2) is 5.96 Å². The minimum Gasteiger partial charge on any atom is -0.356 e. The molecule has 0 fully saturated rings. The van der Waals surface area contributed by atoms with Crippen LogP contribution in [0.4, 0.5) is 0 Å². The second-order valence-corrected chi connectivity index (χ2v) is 7.45. The van der Waals surface area contributed by atoms with Crippen LogP contribution in [-0.4, -0.2) is 38.5 Å². The van der Waals surface area contributed by atoms with Crippen molar-refractivity contribution in [2.45, 2.75) is 12.8 Å². The Bertz CT molecular complexity index is 686. The molecule has 3 N–H and O–H groups in total. The summed E-state index contributed by atoms with van der Waals surface area (Å²) in [5, 5.41) is 11.5. The second kappa shape index (κ2) is 10.2. The fourth-order valence-corrected chi connectivity index (χ4v) is 3.25. The van der Waals surface area contributed by atoms with Gasteiger partial charge in [0.2, 0.25) is 0 Å². The smallest absolute Gasteiger partial charge is 0.251 e. The number of carbonyl (C=O) groups excluding carboxylic acids is 1. The Labute approximate surface area is 161 Å². The van der Waals surface area contributed by atoms with Gasteiger partial charge in [-0.05, 0) is 35.7 Å². The lowest BCUT2D eigenvalue weighted by molar-refractivity contribution is 0.0954. The van der Waals surface area contributed by atoms with Gasteiger partial charge in [-0.1, -0.05) is 28.9 Å². The van der Waals surface area contributed by atoms with Gasteiger partial charge < -0.3 is 16.0 Å². The quantitative estimate of drug-likeness (QED) is 0.364. The van der Waals surface area contributed by atoms with Gasteiger partial charge in [-0.2, -0.15) is 0 Å². The van der Waals surface area contributed by atoms with E-state index in [2.05, 4.69) is 61.3 Å². The summed E-state index contributed by atoms with van der Waals surface area (Å²) in [7, 11) is 1.74. The van der Waals surface area contributed by atoms with E-state index >= 15 is 0 Å². The van der Waals surface area contributed by atoms with E-state index < -0.39 is 0 Å². The number of hydrogen-bond donors (Lipinski definition) is 3. The first kappa shape index (κ1) is 19.5. The number of amides is 1. The van der Waals surface area contributed by atoms with Gasteiger partial charge in [0, 0.05) is 47.5 Å². The molecule has 0 aliphatic rings. The first-order chi connectivity index (χ1) is 12.1. The fourth-order valence-electron chi connectivity index (χ4n) is 2.20. The van der Waals surface area contributed by atoms with Crippen molar-refractivity contribution >= 4 is 39.1 Å². The number of rotatable bonds is 7. The van der Waals surface area contributed by atoms with E-state index in [4.69, 9.17) is 0 Å². The Morgan fingerprint density at radius 2 is 1.88 bits per heavy atom. The van der Waals surface area contributed by atoms with Crippen molar-refractivity contribution < 1.29 is 4.79 Å². The van der Waals surface area contributed by atoms with Crippen LogP contribution in [0.15, 0.2) is 51.2 Å². The number of hydrogen-bond acceptors (Lipinski definition) is 3. The van der Waals surface area contributed by atoms with Crippen LogP contribution in [0.5, 0.6) is 0 Å². The summed E-state index contributed by atoms with van der Waals surface area (Å²) in [4.78, 5) is 17.6. The average Bonchev–Trinajstić information content (AvgIpc) is 3.16. The first-order valence-corrected chi connectivity index (χ1v) is 9.79. The average molecular weight is 423 g/mol. The molecule has 2 aromatic rings. The van der Waals surface area contributed by atoms with E-state index in [1.54, 1.807) is 30.5 Å². The van der Waals surface area contributed by atoms with Crippen LogP contribution >= 0.6 is 27.3 Å². The zero-order valence-corrected chi connectivity index (χ0v) is 16.8. The molecule has 2 rings (SSSR count). The molecule has 25 heavy (non-hydrogen) atoms. The molecule has 7 heteroatoms. The first-order valence-electron chi connectivity index (χ1n) is 8.12. The van der Waals surface area contributed by atoms with Crippen LogP contribution < -0.4 is 16.0 Å². The molecule has 1 aromatic heterocycles. The lowest BCUT2D eigenvalue weighted by Crippen LogP contribution is -2.42. The number of aliphatic imine (C=N–C) groups is 1. The Balaban J connectivity index is 1.67. The van der Waals surface area contributed by atoms with Crippen molar-refractivity contribution in [3.8, 4) is 0 Å². The molecule has 0 spiro atoms. The van der Waals surface area contributed by atoms with Crippen molar-refractivity contribution in [2.24, 2.45) is 4.99 Å². The highest BCUT2D eigenvalue weighted by Crippen LogP contribution is 2.19. The fraction of sp³-hybridized carbons (Fsp3) is 0.333. The Hall–Kier alpha value is -1.86. The number of nitrogens with zero attached hydrogens (tertiary/aromatic N) is 1. The maximum atomic E-state index is 12.0. The summed E-state index contributed by atoms with van der Waals surface area (Å²) < 4.78 is 0.956. The molecule has 0 radical (unpaired) electrons. The molecule has 0 aliphatic heterocycles. The SMILES string of the molecule is CN=C(NCCNC(=O)c1ccc(Br)cc1)NCC(C)c1cccs1. The van der Waals surface area contributed by atoms with Crippen molar-refractivity contribution in [1.29, 1.82) is 0 Å². The molecule has 0 aliphatic carbocycles. The monoisotopic (exact) mass is 422 g/mol. The van der Waals surface area contributed by atoms with Crippen LogP contribution in [0, 0.1) is 0 Å². The summed E-state index contributed by atoms with van der Waals surface area (Å²) in [5.41, 5.74) is 0.649. The molecule has 0 saturated heterocycles. The largest absolute Gasteiger partial charge is 0.356 e. The maximum Gasteiger partial charge on any atom is 0.251 e. The van der Waals surface area contributed by atoms with E-state index in [0.29, 0.717) is 24.6 Å². The van der Waals surface area contributed by atoms with E-state index in [1.807, 2.05) is 12.1 Å². The predicted molar refractivity (Wildman–Crippen MR) is 109 cm³/mol. The highest BCUT2D eigenvalue weighted by molar-refractivity contribution is 9.10. The third-order valence-electron chi connectivity index (χ3n) is 3.64. The van der Waals surface area contributed by atoms with Gasteiger partial charge in [0.05, 0.1) is 0 Å². The summed E-state index contributed by atoms with van der Waals surface area (Å²) >= 11 is 5.12. The molecule has 5 nitrogen and oxygen atoms in total. The number of nitrogens with one attached hydrogen (secondary N) is 3. The Morgan fingerprint density at radius 1 is 1.16 bits per heavy atom. The number of halogens is 1. The Kier molecular flexibility index (Phi) is 7.94. The highest BCUT2D eigenvalue weighted by Gasteiger charge is 2.08. The number of carbonyl (C=O) groups is 1. The maximum absolute atomic E-state index is 12.0. The van der Waals surface area contributed by atoms with Crippen LogP contribution in [0.2, 0.25) is 0 Å². The third-order valence-corrected chi connectivity index (χ3v) is 5.27. The Morgan fingerprint density at radius 3 is 2.52 bits per heavy atom. The van der Waals surface area contributed by atoms with Gasteiger partial charge in [-0.3, -0.25) is 9.79 Å². The van der Waals surface area contributed by atoms with Gasteiger partial charge in [0.1, 0.15) is 0 Å². The summed E-state index contributed by atoms with van der Waals surface area (Å²) in [5.74, 6) is 1.08. The van der Waals surface area contributed by atoms with E-state index in [-0.39, 0.29) is 5.91 Å². The summed E-state index contributed by atoms with van der Waals surface area (Å²) in [6.45, 7) is 4.13. The van der Waals surface area contributed by atoms with E-state index in [9.17, 15) is 4.79 Å². The number of guanidine groups is 1. The number of thiophene rings is 1. The molecule has 1 amide bonds. The molecule has 1 aromatic carbocycles. The highest BCUT2D eigenvalue weighted by atomic mass is 79.9. The predicted octanol–water partition coefficient (Wildman–Crippen LogP) is 3.21. The topological polar surface area (TPSA) is 65.5 Å². The van der Waals surface area contributed by atoms with Crippen molar-refractivity contribution in [3.63, 3.8) is 0 Å². The van der Waals surface area contributed by atoms with Crippen LogP contribution in [0.3, 0.4) is 0 Å². The molecular formula is C18H23BrN4OS. The lowest BCUT2D eigenvalue weighted by Gasteiger charge is -2.15. The van der Waals surface area contributed by atoms with Crippen molar-refractivity contribution in [1.82, 2.24) is 16.0 Å². The third kappa shape index (κ3) is 6.51. The van der Waals surface area contributed by atoms with E-state index in [0.717, 1.165) is 17.0 Å². The molecule has 1 atom stereocenters. The summed E-state index contributed by atoms with van der Waals surface area (Å²) in [6.07, 6.45) is 0. The minimum absolute atomic E-state index is 0.0800. The standard InChI is InChI=1S/C18H23BrN4OS/c1-13(16-4-3-11-25-16)12-23-18(20-2)22-10-9-21-17(24)14-5-7-15(19)8-6-14/h3-8,11,13H,9-10,12H2,1-2H3,(H,21,24)(H2,20,22,23). The molecule has 0 bridgehead atoms. The summed E-state index contributed by atoms with van der Waals surface area (Å²) in [6, 6.07) is 11.5. The number of benzene rings is 1. The molecule has 0 saturated carbocycles.